The fourth-order valence-electron chi connectivity index (χ4n) is 3.52. The number of amides is 1. The van der Waals surface area contributed by atoms with Gasteiger partial charge in [-0.1, -0.05) is 12.8 Å². The van der Waals surface area contributed by atoms with Gasteiger partial charge < -0.3 is 4.90 Å². The second-order valence-corrected chi connectivity index (χ2v) is 8.40. The smallest absolute Gasteiger partial charge is 0.252 e. The first-order valence-electron chi connectivity index (χ1n) is 7.79. The normalized spacial score (nSPS) is 23.7. The highest BCUT2D eigenvalue weighted by atomic mass is 32.2. The number of carbonyl (C=O) groups is 1. The summed E-state index contributed by atoms with van der Waals surface area (Å²) in [6, 6.07) is 1.69. The number of nitriles is 1. The van der Waals surface area contributed by atoms with Crippen LogP contribution < -0.4 is 0 Å². The lowest BCUT2D eigenvalue weighted by Gasteiger charge is -2.34. The third-order valence-corrected chi connectivity index (χ3v) is 6.29. The molecular formula is C14H19N5O3S. The van der Waals surface area contributed by atoms with Crippen molar-refractivity contribution in [2.45, 2.75) is 50.7 Å². The molecule has 1 amide bonds. The van der Waals surface area contributed by atoms with E-state index >= 15 is 0 Å². The molecule has 23 heavy (non-hydrogen) atoms. The summed E-state index contributed by atoms with van der Waals surface area (Å²) in [7, 11) is -3.05. The van der Waals surface area contributed by atoms with E-state index in [-0.39, 0.29) is 41.9 Å². The minimum Gasteiger partial charge on any atom is -0.334 e. The summed E-state index contributed by atoms with van der Waals surface area (Å²) in [5, 5.41) is 12.7. The minimum atomic E-state index is -3.05. The van der Waals surface area contributed by atoms with Crippen molar-refractivity contribution in [1.29, 1.82) is 5.26 Å². The maximum Gasteiger partial charge on any atom is 0.252 e. The van der Waals surface area contributed by atoms with Crippen molar-refractivity contribution in [3.05, 3.63) is 12.2 Å². The zero-order valence-electron chi connectivity index (χ0n) is 12.8. The molecule has 2 fully saturated rings. The van der Waals surface area contributed by atoms with Crippen LogP contribution >= 0.6 is 0 Å². The molecule has 0 radical (unpaired) electrons. The molecule has 1 saturated carbocycles. The number of carbonyl (C=O) groups excluding carboxylic acids is 1. The van der Waals surface area contributed by atoms with E-state index in [2.05, 4.69) is 10.1 Å². The molecule has 1 atom stereocenters. The number of hydrogen-bond donors (Lipinski definition) is 0. The first kappa shape index (κ1) is 15.9. The van der Waals surface area contributed by atoms with E-state index < -0.39 is 9.84 Å². The Morgan fingerprint density at radius 1 is 1.35 bits per heavy atom. The van der Waals surface area contributed by atoms with E-state index in [1.807, 2.05) is 6.07 Å². The van der Waals surface area contributed by atoms with E-state index in [0.29, 0.717) is 6.42 Å². The van der Waals surface area contributed by atoms with Crippen LogP contribution in [0.1, 0.15) is 37.9 Å². The maximum absolute atomic E-state index is 12.8. The monoisotopic (exact) mass is 337 g/mol. The highest BCUT2D eigenvalue weighted by Gasteiger charge is 2.39. The highest BCUT2D eigenvalue weighted by Crippen LogP contribution is 2.29. The van der Waals surface area contributed by atoms with Crippen molar-refractivity contribution < 1.29 is 13.2 Å². The number of rotatable bonds is 4. The third-order valence-electron chi connectivity index (χ3n) is 4.54. The fraction of sp³-hybridized carbons (Fsp3) is 0.714. The SMILES string of the molecule is N#Cc1ncn(CC(=O)N(C2CCCC2)C2CCS(=O)(=O)C2)n1. The average Bonchev–Trinajstić information content (AvgIpc) is 3.21. The van der Waals surface area contributed by atoms with Gasteiger partial charge in [-0.15, -0.1) is 5.10 Å². The van der Waals surface area contributed by atoms with Gasteiger partial charge in [-0.2, -0.15) is 5.26 Å². The number of aromatic nitrogens is 3. The first-order chi connectivity index (χ1) is 11.0. The minimum absolute atomic E-state index is 0.0122. The lowest BCUT2D eigenvalue weighted by Crippen LogP contribution is -2.48. The molecule has 124 valence electrons. The third kappa shape index (κ3) is 3.52. The molecule has 1 aromatic heterocycles. The predicted octanol–water partition coefficient (Wildman–Crippen LogP) is 0.108. The summed E-state index contributed by atoms with van der Waals surface area (Å²) in [6.45, 7) is -0.0122. The Morgan fingerprint density at radius 2 is 2.09 bits per heavy atom. The van der Waals surface area contributed by atoms with E-state index in [0.717, 1.165) is 25.7 Å². The molecule has 3 rings (SSSR count). The largest absolute Gasteiger partial charge is 0.334 e. The van der Waals surface area contributed by atoms with Crippen molar-refractivity contribution in [3.63, 3.8) is 0 Å². The molecule has 2 aliphatic rings. The van der Waals surface area contributed by atoms with Crippen molar-refractivity contribution in [3.8, 4) is 6.07 Å². The summed E-state index contributed by atoms with van der Waals surface area (Å²) >= 11 is 0. The zero-order valence-corrected chi connectivity index (χ0v) is 13.6. The molecule has 1 unspecified atom stereocenters. The number of hydrogen-bond acceptors (Lipinski definition) is 6. The van der Waals surface area contributed by atoms with E-state index in [4.69, 9.17) is 5.26 Å². The van der Waals surface area contributed by atoms with Crippen molar-refractivity contribution in [2.75, 3.05) is 11.5 Å². The molecule has 1 aliphatic carbocycles. The van der Waals surface area contributed by atoms with Gasteiger partial charge >= 0.3 is 0 Å². The molecule has 8 nitrogen and oxygen atoms in total. The zero-order chi connectivity index (χ0) is 16.4. The quantitative estimate of drug-likeness (QED) is 0.771. The van der Waals surface area contributed by atoms with Gasteiger partial charge in [0.1, 0.15) is 18.9 Å². The second kappa shape index (κ2) is 6.28. The van der Waals surface area contributed by atoms with Gasteiger partial charge in [0.05, 0.1) is 11.5 Å². The fourth-order valence-corrected chi connectivity index (χ4v) is 5.24. The second-order valence-electron chi connectivity index (χ2n) is 6.17. The maximum atomic E-state index is 12.8. The lowest BCUT2D eigenvalue weighted by atomic mass is 10.1. The van der Waals surface area contributed by atoms with E-state index in [9.17, 15) is 13.2 Å². The van der Waals surface area contributed by atoms with Crippen molar-refractivity contribution >= 4 is 15.7 Å². The van der Waals surface area contributed by atoms with Crippen molar-refractivity contribution in [1.82, 2.24) is 19.7 Å². The molecule has 0 aromatic carbocycles. The van der Waals surface area contributed by atoms with Crippen LogP contribution in [0.4, 0.5) is 0 Å². The van der Waals surface area contributed by atoms with Crippen LogP contribution in [0.3, 0.4) is 0 Å². The Bertz CT molecular complexity index is 730. The molecule has 0 bridgehead atoms. The van der Waals surface area contributed by atoms with Gasteiger partial charge in [-0.05, 0) is 19.3 Å². The van der Waals surface area contributed by atoms with Crippen LogP contribution in [0.15, 0.2) is 6.33 Å². The molecular weight excluding hydrogens is 318 g/mol. The van der Waals surface area contributed by atoms with Gasteiger partial charge in [0.2, 0.25) is 5.91 Å². The van der Waals surface area contributed by atoms with Gasteiger partial charge in [0, 0.05) is 12.1 Å². The van der Waals surface area contributed by atoms with E-state index in [1.165, 1.54) is 11.0 Å². The Morgan fingerprint density at radius 3 is 2.65 bits per heavy atom. The van der Waals surface area contributed by atoms with Crippen LogP contribution in [0.25, 0.3) is 0 Å². The summed E-state index contributed by atoms with van der Waals surface area (Å²) in [5.74, 6) is 0.0774. The molecule has 0 N–H and O–H groups in total. The van der Waals surface area contributed by atoms with E-state index in [1.54, 1.807) is 4.90 Å². The molecule has 1 saturated heterocycles. The van der Waals surface area contributed by atoms with Gasteiger partial charge in [0.15, 0.2) is 9.84 Å². The number of nitrogens with zero attached hydrogens (tertiary/aromatic N) is 5. The molecule has 1 aliphatic heterocycles. The summed E-state index contributed by atoms with van der Waals surface area (Å²) < 4.78 is 24.9. The topological polar surface area (TPSA) is 109 Å². The van der Waals surface area contributed by atoms with Crippen molar-refractivity contribution in [2.24, 2.45) is 0 Å². The van der Waals surface area contributed by atoms with Crippen LogP contribution in [-0.2, 0) is 21.2 Å². The Kier molecular flexibility index (Phi) is 4.35. The summed E-state index contributed by atoms with van der Waals surface area (Å²) in [6.07, 6.45) is 5.83. The van der Waals surface area contributed by atoms with Gasteiger partial charge in [-0.3, -0.25) is 4.79 Å². The summed E-state index contributed by atoms with van der Waals surface area (Å²) in [5.41, 5.74) is 0. The first-order valence-corrected chi connectivity index (χ1v) is 9.62. The summed E-state index contributed by atoms with van der Waals surface area (Å²) in [4.78, 5) is 18.3. The van der Waals surface area contributed by atoms with Crippen LogP contribution in [0.2, 0.25) is 0 Å². The molecule has 0 spiro atoms. The molecule has 2 heterocycles. The van der Waals surface area contributed by atoms with Crippen LogP contribution in [0.5, 0.6) is 0 Å². The van der Waals surface area contributed by atoms with Gasteiger partial charge in [0.25, 0.3) is 5.82 Å². The Balaban J connectivity index is 1.77. The van der Waals surface area contributed by atoms with Crippen LogP contribution in [0, 0.1) is 11.3 Å². The van der Waals surface area contributed by atoms with Crippen LogP contribution in [-0.4, -0.2) is 57.6 Å². The Hall–Kier alpha value is -1.95. The standard InChI is InChI=1S/C14H19N5O3S/c15-7-13-16-10-18(17-13)8-14(20)19(11-3-1-2-4-11)12-5-6-23(21,22)9-12/h10-12H,1-6,8-9H2. The van der Waals surface area contributed by atoms with Gasteiger partial charge in [-0.25, -0.2) is 18.1 Å². The average molecular weight is 337 g/mol. The lowest BCUT2D eigenvalue weighted by molar-refractivity contribution is -0.136. The highest BCUT2D eigenvalue weighted by molar-refractivity contribution is 7.91. The molecule has 1 aromatic rings. The Labute approximate surface area is 135 Å². The predicted molar refractivity (Wildman–Crippen MR) is 80.9 cm³/mol. The number of sulfone groups is 1. The molecule has 9 heteroatoms.